The minimum absolute atomic E-state index is 0.00966. The number of benzene rings is 1. The highest BCUT2D eigenvalue weighted by molar-refractivity contribution is 7.92. The van der Waals surface area contributed by atoms with Gasteiger partial charge in [-0.05, 0) is 49.1 Å². The second-order valence-corrected chi connectivity index (χ2v) is 10.3. The summed E-state index contributed by atoms with van der Waals surface area (Å²) < 4.78 is 29.4. The van der Waals surface area contributed by atoms with Gasteiger partial charge in [0.05, 0.1) is 16.3 Å². The van der Waals surface area contributed by atoms with Crippen LogP contribution in [0, 0.1) is 6.92 Å². The van der Waals surface area contributed by atoms with Crippen molar-refractivity contribution in [2.24, 2.45) is 0 Å². The average molecular weight is 483 g/mol. The molecule has 0 amide bonds. The van der Waals surface area contributed by atoms with Crippen molar-refractivity contribution < 1.29 is 18.3 Å². The Bertz CT molecular complexity index is 1550. The van der Waals surface area contributed by atoms with Gasteiger partial charge in [0.25, 0.3) is 15.6 Å². The summed E-state index contributed by atoms with van der Waals surface area (Å²) in [5, 5.41) is 14.1. The molecule has 0 radical (unpaired) electrons. The molecule has 0 unspecified atom stereocenters. The van der Waals surface area contributed by atoms with Crippen LogP contribution in [-0.2, 0) is 16.4 Å². The third-order valence-electron chi connectivity index (χ3n) is 5.53. The Balaban J connectivity index is 1.67. The van der Waals surface area contributed by atoms with E-state index in [9.17, 15) is 23.1 Å². The zero-order chi connectivity index (χ0) is 23.3. The fourth-order valence-electron chi connectivity index (χ4n) is 3.92. The number of thiophene rings is 1. The van der Waals surface area contributed by atoms with Gasteiger partial charge in [0, 0.05) is 23.9 Å². The number of nitrogens with zero attached hydrogens (tertiary/aromatic N) is 3. The topological polar surface area (TPSA) is 125 Å². The van der Waals surface area contributed by atoms with Gasteiger partial charge < -0.3 is 5.11 Å². The summed E-state index contributed by atoms with van der Waals surface area (Å²) in [6, 6.07) is 11.5. The number of carboxylic acids is 1. The van der Waals surface area contributed by atoms with E-state index in [4.69, 9.17) is 0 Å². The number of rotatable bonds is 4. The second-order valence-electron chi connectivity index (χ2n) is 7.56. The molecule has 2 N–H and O–H groups in total. The standard InChI is InChI=1S/C22H18N4O5S2/c1-13-4-6-14(7-5-13)33(30,31)25-11-8-16-18(15-3-2-10-23-20(15)25)24-26(21(16)27)17-9-12-32-19(17)22(28)29/h2-7,9-10,12,24H,8,11H2,1H3,(H,28,29). The van der Waals surface area contributed by atoms with Crippen LogP contribution in [0.25, 0.3) is 16.9 Å². The third-order valence-corrected chi connectivity index (χ3v) is 8.23. The molecule has 0 spiro atoms. The lowest BCUT2D eigenvalue weighted by molar-refractivity contribution is 0.0702. The monoisotopic (exact) mass is 482 g/mol. The van der Waals surface area contributed by atoms with Gasteiger partial charge in [0.1, 0.15) is 4.88 Å². The van der Waals surface area contributed by atoms with E-state index in [1.54, 1.807) is 47.8 Å². The van der Waals surface area contributed by atoms with Crippen molar-refractivity contribution in [2.45, 2.75) is 18.2 Å². The van der Waals surface area contributed by atoms with Crippen LogP contribution in [0.2, 0.25) is 0 Å². The molecule has 0 saturated carbocycles. The van der Waals surface area contributed by atoms with Crippen LogP contribution in [0.15, 0.2) is 63.7 Å². The molecule has 9 nitrogen and oxygen atoms in total. The van der Waals surface area contributed by atoms with E-state index >= 15 is 0 Å². The van der Waals surface area contributed by atoms with Crippen LogP contribution < -0.4 is 9.86 Å². The van der Waals surface area contributed by atoms with E-state index in [0.717, 1.165) is 16.9 Å². The Morgan fingerprint density at radius 2 is 1.94 bits per heavy atom. The molecule has 0 aliphatic carbocycles. The van der Waals surface area contributed by atoms with Gasteiger partial charge in [-0.3, -0.25) is 9.89 Å². The number of carbonyl (C=O) groups is 1. The molecule has 168 valence electrons. The molecule has 0 fully saturated rings. The minimum atomic E-state index is -3.92. The van der Waals surface area contributed by atoms with E-state index in [1.165, 1.54) is 15.2 Å². The van der Waals surface area contributed by atoms with Crippen molar-refractivity contribution in [1.29, 1.82) is 0 Å². The van der Waals surface area contributed by atoms with Crippen LogP contribution in [0.5, 0.6) is 0 Å². The Labute approximate surface area is 192 Å². The summed E-state index contributed by atoms with van der Waals surface area (Å²) in [6.07, 6.45) is 1.63. The first kappa shape index (κ1) is 21.2. The van der Waals surface area contributed by atoms with Crippen molar-refractivity contribution in [3.8, 4) is 16.9 Å². The number of sulfonamides is 1. The molecule has 4 aromatic rings. The Morgan fingerprint density at radius 1 is 1.18 bits per heavy atom. The van der Waals surface area contributed by atoms with Gasteiger partial charge in [-0.1, -0.05) is 17.7 Å². The van der Waals surface area contributed by atoms with Crippen molar-refractivity contribution in [3.63, 3.8) is 0 Å². The lowest BCUT2D eigenvalue weighted by Crippen LogP contribution is -2.34. The number of aromatic carboxylic acids is 1. The zero-order valence-corrected chi connectivity index (χ0v) is 19.0. The van der Waals surface area contributed by atoms with Crippen LogP contribution in [0.1, 0.15) is 20.8 Å². The predicted octanol–water partition coefficient (Wildman–Crippen LogP) is 3.05. The summed E-state index contributed by atoms with van der Waals surface area (Å²) in [7, 11) is -3.92. The summed E-state index contributed by atoms with van der Waals surface area (Å²) in [5.41, 5.74) is 1.99. The number of H-pyrrole nitrogens is 1. The fourth-order valence-corrected chi connectivity index (χ4v) is 6.07. The summed E-state index contributed by atoms with van der Waals surface area (Å²) in [6.45, 7) is 1.88. The maximum absolute atomic E-state index is 13.5. The van der Waals surface area contributed by atoms with Crippen LogP contribution in [-0.4, -0.2) is 40.8 Å². The predicted molar refractivity (Wildman–Crippen MR) is 124 cm³/mol. The number of hydrogen-bond donors (Lipinski definition) is 2. The number of nitrogens with one attached hydrogen (secondary N) is 1. The molecule has 0 saturated heterocycles. The average Bonchev–Trinajstić information content (AvgIpc) is 3.35. The molecular formula is C22H18N4O5S2. The highest BCUT2D eigenvalue weighted by atomic mass is 32.2. The van der Waals surface area contributed by atoms with Gasteiger partial charge in [-0.2, -0.15) is 0 Å². The molecule has 3 aromatic heterocycles. The van der Waals surface area contributed by atoms with Crippen molar-refractivity contribution >= 4 is 33.1 Å². The number of hydrogen-bond acceptors (Lipinski definition) is 6. The largest absolute Gasteiger partial charge is 0.477 e. The normalized spacial score (nSPS) is 13.3. The van der Waals surface area contributed by atoms with E-state index in [2.05, 4.69) is 10.1 Å². The van der Waals surface area contributed by atoms with Crippen LogP contribution >= 0.6 is 11.3 Å². The SMILES string of the molecule is Cc1ccc(S(=O)(=O)N2CCc3c([nH]n(-c4ccsc4C(=O)O)c3=O)-c3cccnc32)cc1. The highest BCUT2D eigenvalue weighted by Crippen LogP contribution is 2.36. The smallest absolute Gasteiger partial charge is 0.348 e. The molecule has 4 heterocycles. The molecule has 1 aliphatic rings. The molecule has 5 rings (SSSR count). The summed E-state index contributed by atoms with van der Waals surface area (Å²) in [5.74, 6) is -0.928. The first-order valence-corrected chi connectivity index (χ1v) is 12.3. The Morgan fingerprint density at radius 3 is 2.67 bits per heavy atom. The van der Waals surface area contributed by atoms with Crippen molar-refractivity contribution in [1.82, 2.24) is 14.8 Å². The van der Waals surface area contributed by atoms with Crippen molar-refractivity contribution in [2.75, 3.05) is 10.8 Å². The number of fused-ring (bicyclic) bond motifs is 3. The number of aryl methyl sites for hydroxylation is 1. The van der Waals surface area contributed by atoms with E-state index in [-0.39, 0.29) is 34.2 Å². The van der Waals surface area contributed by atoms with Gasteiger partial charge in [0.2, 0.25) is 0 Å². The third kappa shape index (κ3) is 3.36. The minimum Gasteiger partial charge on any atom is -0.477 e. The Kier molecular flexibility index (Phi) is 4.94. The van der Waals surface area contributed by atoms with Gasteiger partial charge in [0.15, 0.2) is 5.82 Å². The molecule has 11 heteroatoms. The number of aromatic nitrogens is 3. The first-order chi connectivity index (χ1) is 15.8. The highest BCUT2D eigenvalue weighted by Gasteiger charge is 2.33. The number of anilines is 1. The maximum atomic E-state index is 13.5. The molecule has 33 heavy (non-hydrogen) atoms. The van der Waals surface area contributed by atoms with E-state index in [0.29, 0.717) is 16.8 Å². The molecule has 1 aliphatic heterocycles. The zero-order valence-electron chi connectivity index (χ0n) is 17.3. The molecule has 0 bridgehead atoms. The number of pyridine rings is 1. The maximum Gasteiger partial charge on any atom is 0.348 e. The van der Waals surface area contributed by atoms with E-state index < -0.39 is 21.6 Å². The van der Waals surface area contributed by atoms with Gasteiger partial charge >= 0.3 is 5.97 Å². The Hall–Kier alpha value is -3.70. The van der Waals surface area contributed by atoms with Crippen LogP contribution in [0.4, 0.5) is 5.82 Å². The first-order valence-electron chi connectivity index (χ1n) is 9.99. The van der Waals surface area contributed by atoms with Crippen molar-refractivity contribution in [3.05, 3.63) is 80.4 Å². The lowest BCUT2D eigenvalue weighted by Gasteiger charge is -2.23. The number of carboxylic acid groups (broad SMARTS) is 1. The van der Waals surface area contributed by atoms with E-state index in [1.807, 2.05) is 6.92 Å². The quantitative estimate of drug-likeness (QED) is 0.461. The van der Waals surface area contributed by atoms with Gasteiger partial charge in [-0.25, -0.2) is 27.2 Å². The molecular weight excluding hydrogens is 464 g/mol. The summed E-state index contributed by atoms with van der Waals surface area (Å²) in [4.78, 5) is 29.3. The molecule has 0 atom stereocenters. The molecule has 1 aromatic carbocycles. The second kappa shape index (κ2) is 7.71. The summed E-state index contributed by atoms with van der Waals surface area (Å²) >= 11 is 1.02. The number of aromatic amines is 1. The van der Waals surface area contributed by atoms with Gasteiger partial charge in [-0.15, -0.1) is 11.3 Å². The fraction of sp³-hybridized carbons (Fsp3) is 0.136. The lowest BCUT2D eigenvalue weighted by atomic mass is 10.1. The van der Waals surface area contributed by atoms with Crippen LogP contribution in [0.3, 0.4) is 0 Å².